The molecule has 0 aromatic heterocycles. The third kappa shape index (κ3) is 3.81. The summed E-state index contributed by atoms with van der Waals surface area (Å²) in [7, 11) is -3.74. The molecule has 23 heavy (non-hydrogen) atoms. The predicted molar refractivity (Wildman–Crippen MR) is 83.6 cm³/mol. The topological polar surface area (TPSA) is 75.7 Å². The highest BCUT2D eigenvalue weighted by Crippen LogP contribution is 2.43. The van der Waals surface area contributed by atoms with Crippen molar-refractivity contribution in [2.75, 3.05) is 5.75 Å². The van der Waals surface area contributed by atoms with Gasteiger partial charge in [-0.25, -0.2) is 12.8 Å². The Morgan fingerprint density at radius 1 is 1.48 bits per heavy atom. The minimum atomic E-state index is -3.74. The van der Waals surface area contributed by atoms with Crippen molar-refractivity contribution in [3.63, 3.8) is 0 Å². The summed E-state index contributed by atoms with van der Waals surface area (Å²) in [6.45, 7) is 6.35. The maximum Gasteiger partial charge on any atom is 0.232 e. The van der Waals surface area contributed by atoms with Gasteiger partial charge >= 0.3 is 0 Å². The molecule has 1 aromatic carbocycles. The van der Waals surface area contributed by atoms with Crippen LogP contribution >= 0.6 is 0 Å². The van der Waals surface area contributed by atoms with Gasteiger partial charge in [0.1, 0.15) is 17.2 Å². The van der Waals surface area contributed by atoms with E-state index in [1.165, 1.54) is 32.0 Å². The van der Waals surface area contributed by atoms with Gasteiger partial charge in [0.05, 0.1) is 11.8 Å². The molecule has 1 aromatic rings. The first kappa shape index (κ1) is 17.7. The van der Waals surface area contributed by atoms with Gasteiger partial charge < -0.3 is 4.74 Å². The predicted octanol–water partition coefficient (Wildman–Crippen LogP) is 2.13. The Morgan fingerprint density at radius 2 is 2.13 bits per heavy atom. The number of carbonyl (C=O) groups is 1. The molecule has 0 bridgehead atoms. The molecule has 1 aliphatic heterocycles. The van der Waals surface area contributed by atoms with Gasteiger partial charge in [0, 0.05) is 18.9 Å². The van der Waals surface area contributed by atoms with Crippen LogP contribution in [0.5, 0.6) is 5.75 Å². The van der Waals surface area contributed by atoms with Crippen LogP contribution in [-0.2, 0) is 14.8 Å². The summed E-state index contributed by atoms with van der Waals surface area (Å²) in [6, 6.07) is 3.24. The van der Waals surface area contributed by atoms with Gasteiger partial charge in [-0.1, -0.05) is 0 Å². The Labute approximate surface area is 135 Å². The molecule has 0 aliphatic carbocycles. The van der Waals surface area contributed by atoms with Gasteiger partial charge in [0.25, 0.3) is 0 Å². The Morgan fingerprint density at radius 3 is 2.70 bits per heavy atom. The van der Waals surface area contributed by atoms with Crippen molar-refractivity contribution in [2.45, 2.75) is 45.8 Å². The lowest BCUT2D eigenvalue weighted by Gasteiger charge is -2.41. The molecule has 1 unspecified atom stereocenters. The zero-order valence-corrected chi connectivity index (χ0v) is 14.4. The zero-order valence-electron chi connectivity index (χ0n) is 13.6. The molecule has 6 nitrogen and oxygen atoms in total. The SMILES string of the molecule is CCS(=O)(=O)N(NC(C)=O)C1CC(C)(C)Oc2ccc(F)cc21. The third-order valence-electron chi connectivity index (χ3n) is 3.62. The molecule has 1 N–H and O–H groups in total. The van der Waals surface area contributed by atoms with Crippen LogP contribution in [0.1, 0.15) is 45.7 Å². The fraction of sp³-hybridized carbons (Fsp3) is 0.533. The zero-order chi connectivity index (χ0) is 17.4. The van der Waals surface area contributed by atoms with Gasteiger partial charge in [0.2, 0.25) is 15.9 Å². The molecule has 1 amide bonds. The first-order chi connectivity index (χ1) is 10.6. The van der Waals surface area contributed by atoms with Crippen molar-refractivity contribution in [3.05, 3.63) is 29.6 Å². The lowest BCUT2D eigenvalue weighted by molar-refractivity contribution is -0.123. The molecule has 128 valence electrons. The number of hydrogen-bond donors (Lipinski definition) is 1. The van der Waals surface area contributed by atoms with Crippen molar-refractivity contribution >= 4 is 15.9 Å². The van der Waals surface area contributed by atoms with Crippen LogP contribution in [0.4, 0.5) is 4.39 Å². The summed E-state index contributed by atoms with van der Waals surface area (Å²) in [6.07, 6.45) is 0.281. The lowest BCUT2D eigenvalue weighted by Crippen LogP contribution is -2.51. The molecule has 0 fully saturated rings. The van der Waals surface area contributed by atoms with E-state index in [-0.39, 0.29) is 12.2 Å². The third-order valence-corrected chi connectivity index (χ3v) is 5.29. The molecule has 0 spiro atoms. The van der Waals surface area contributed by atoms with E-state index in [1.807, 2.05) is 13.8 Å². The number of ether oxygens (including phenoxy) is 1. The van der Waals surface area contributed by atoms with Gasteiger partial charge in [0.15, 0.2) is 0 Å². The number of nitrogens with zero attached hydrogens (tertiary/aromatic N) is 1. The van der Waals surface area contributed by atoms with Crippen molar-refractivity contribution in [3.8, 4) is 5.75 Å². The Balaban J connectivity index is 2.58. The second-order valence-corrected chi connectivity index (χ2v) is 8.26. The lowest BCUT2D eigenvalue weighted by atomic mass is 9.90. The normalized spacial score (nSPS) is 19.8. The van der Waals surface area contributed by atoms with Crippen LogP contribution in [0.2, 0.25) is 0 Å². The number of rotatable bonds is 4. The number of fused-ring (bicyclic) bond motifs is 1. The van der Waals surface area contributed by atoms with Crippen LogP contribution in [0.25, 0.3) is 0 Å². The van der Waals surface area contributed by atoms with E-state index in [1.54, 1.807) is 0 Å². The highest BCUT2D eigenvalue weighted by atomic mass is 32.2. The number of hydrogen-bond acceptors (Lipinski definition) is 4. The average Bonchev–Trinajstić information content (AvgIpc) is 2.43. The summed E-state index contributed by atoms with van der Waals surface area (Å²) in [5.74, 6) is -0.775. The van der Waals surface area contributed by atoms with Crippen molar-refractivity contribution in [1.29, 1.82) is 0 Å². The number of carbonyl (C=O) groups excluding carboxylic acids is 1. The molecule has 2 rings (SSSR count). The second kappa shape index (κ2) is 6.09. The highest BCUT2D eigenvalue weighted by Gasteiger charge is 2.41. The number of nitrogens with one attached hydrogen (secondary N) is 1. The van der Waals surface area contributed by atoms with Crippen LogP contribution < -0.4 is 10.2 Å². The Bertz CT molecular complexity index is 718. The van der Waals surface area contributed by atoms with Gasteiger partial charge in [-0.15, -0.1) is 4.41 Å². The number of benzene rings is 1. The fourth-order valence-corrected chi connectivity index (χ4v) is 3.75. The number of amides is 1. The van der Waals surface area contributed by atoms with E-state index >= 15 is 0 Å². The maximum absolute atomic E-state index is 13.7. The second-order valence-electron chi connectivity index (χ2n) is 6.13. The summed E-state index contributed by atoms with van der Waals surface area (Å²) < 4.78 is 45.2. The minimum Gasteiger partial charge on any atom is -0.487 e. The molecule has 0 saturated carbocycles. The molecule has 1 aliphatic rings. The van der Waals surface area contributed by atoms with E-state index in [0.29, 0.717) is 11.3 Å². The standard InChI is InChI=1S/C15H21FN2O4S/c1-5-23(20,21)18(17-10(2)19)13-9-15(3,4)22-14-7-6-11(16)8-12(13)14/h6-8,13H,5,9H2,1-4H3,(H,17,19). The van der Waals surface area contributed by atoms with E-state index in [4.69, 9.17) is 4.74 Å². The quantitative estimate of drug-likeness (QED) is 0.849. The van der Waals surface area contributed by atoms with Crippen molar-refractivity contribution < 1.29 is 22.3 Å². The molecule has 1 atom stereocenters. The van der Waals surface area contributed by atoms with Gasteiger partial charge in [-0.3, -0.25) is 10.2 Å². The first-order valence-corrected chi connectivity index (χ1v) is 8.94. The molecular weight excluding hydrogens is 323 g/mol. The number of hydrazine groups is 1. The van der Waals surface area contributed by atoms with Crippen LogP contribution in [0.15, 0.2) is 18.2 Å². The molecular formula is C15H21FN2O4S. The van der Waals surface area contributed by atoms with E-state index in [0.717, 1.165) is 4.41 Å². The molecule has 0 radical (unpaired) electrons. The van der Waals surface area contributed by atoms with E-state index < -0.39 is 33.4 Å². The average molecular weight is 344 g/mol. The van der Waals surface area contributed by atoms with Gasteiger partial charge in [-0.05, 0) is 39.0 Å². The monoisotopic (exact) mass is 344 g/mol. The Kier molecular flexibility index (Phi) is 4.68. The fourth-order valence-electron chi connectivity index (χ4n) is 2.63. The summed E-state index contributed by atoms with van der Waals surface area (Å²) in [4.78, 5) is 11.5. The highest BCUT2D eigenvalue weighted by molar-refractivity contribution is 7.89. The first-order valence-electron chi connectivity index (χ1n) is 7.33. The summed E-state index contributed by atoms with van der Waals surface area (Å²) in [5, 5.41) is 0. The van der Waals surface area contributed by atoms with Crippen LogP contribution in [-0.4, -0.2) is 30.1 Å². The largest absolute Gasteiger partial charge is 0.487 e. The van der Waals surface area contributed by atoms with Crippen LogP contribution in [0, 0.1) is 5.82 Å². The smallest absolute Gasteiger partial charge is 0.232 e. The van der Waals surface area contributed by atoms with E-state index in [9.17, 15) is 17.6 Å². The molecule has 1 heterocycles. The molecule has 0 saturated heterocycles. The minimum absolute atomic E-state index is 0.185. The summed E-state index contributed by atoms with van der Waals surface area (Å²) >= 11 is 0. The van der Waals surface area contributed by atoms with Crippen LogP contribution in [0.3, 0.4) is 0 Å². The molecule has 8 heteroatoms. The maximum atomic E-state index is 13.7. The van der Waals surface area contributed by atoms with Crippen molar-refractivity contribution in [1.82, 2.24) is 9.84 Å². The van der Waals surface area contributed by atoms with Gasteiger partial charge in [-0.2, -0.15) is 0 Å². The number of sulfonamides is 1. The number of halogens is 1. The summed E-state index contributed by atoms with van der Waals surface area (Å²) in [5.41, 5.74) is 2.11. The van der Waals surface area contributed by atoms with Crippen molar-refractivity contribution in [2.24, 2.45) is 0 Å². The Hall–Kier alpha value is -1.67. The van der Waals surface area contributed by atoms with E-state index in [2.05, 4.69) is 5.43 Å².